The molecule has 7 nitrogen and oxygen atoms in total. The van der Waals surface area contributed by atoms with E-state index in [1.807, 2.05) is 0 Å². The first-order valence-electron chi connectivity index (χ1n) is 5.97. The minimum absolute atomic E-state index is 0.00268. The first-order chi connectivity index (χ1) is 10.2. The number of carboxylic acids is 1. The molecule has 0 fully saturated rings. The molecule has 0 unspecified atom stereocenters. The highest BCUT2D eigenvalue weighted by molar-refractivity contribution is 5.98. The van der Waals surface area contributed by atoms with Gasteiger partial charge in [0.15, 0.2) is 0 Å². The van der Waals surface area contributed by atoms with Crippen molar-refractivity contribution in [3.05, 3.63) is 34.2 Å². The van der Waals surface area contributed by atoms with Crippen molar-refractivity contribution in [1.82, 2.24) is 14.9 Å². The third kappa shape index (κ3) is 3.45. The molecule has 0 atom stereocenters. The van der Waals surface area contributed by atoms with Crippen molar-refractivity contribution in [3.8, 4) is 0 Å². The zero-order valence-electron chi connectivity index (χ0n) is 10.9. The lowest BCUT2D eigenvalue weighted by atomic mass is 10.2. The van der Waals surface area contributed by atoms with Gasteiger partial charge in [-0.1, -0.05) is 0 Å². The number of hydrogen-bond acceptors (Lipinski definition) is 3. The van der Waals surface area contributed by atoms with E-state index >= 15 is 0 Å². The van der Waals surface area contributed by atoms with E-state index < -0.39 is 36.8 Å². The summed E-state index contributed by atoms with van der Waals surface area (Å²) in [5.74, 6) is -1.95. The smallest absolute Gasteiger partial charge is 0.406 e. The van der Waals surface area contributed by atoms with Crippen molar-refractivity contribution in [2.75, 3.05) is 6.54 Å². The van der Waals surface area contributed by atoms with E-state index in [0.29, 0.717) is 4.57 Å². The molecule has 22 heavy (non-hydrogen) atoms. The standard InChI is InChI=1S/C12H10F3N3O4/c13-12(14,15)5-18-8-2-1-6(3-7(8)17-11(18)22)10(21)16-4-9(19)20/h1-3H,4-5H2,(H,16,21)(H,17,22)(H,19,20). The Bertz CT molecular complexity index is 791. The van der Waals surface area contributed by atoms with Crippen molar-refractivity contribution in [3.63, 3.8) is 0 Å². The molecular weight excluding hydrogens is 307 g/mol. The normalized spacial score (nSPS) is 11.6. The zero-order valence-corrected chi connectivity index (χ0v) is 10.9. The number of fused-ring (bicyclic) bond motifs is 1. The number of H-pyrrole nitrogens is 1. The topological polar surface area (TPSA) is 104 Å². The van der Waals surface area contributed by atoms with Gasteiger partial charge in [0, 0.05) is 5.56 Å². The highest BCUT2D eigenvalue weighted by atomic mass is 19.4. The van der Waals surface area contributed by atoms with Crippen LogP contribution >= 0.6 is 0 Å². The Hall–Kier alpha value is -2.78. The Balaban J connectivity index is 2.35. The molecule has 1 aromatic carbocycles. The van der Waals surface area contributed by atoms with Crippen LogP contribution in [0.5, 0.6) is 0 Å². The monoisotopic (exact) mass is 317 g/mol. The molecule has 10 heteroatoms. The van der Waals surface area contributed by atoms with Crippen LogP contribution in [0.25, 0.3) is 11.0 Å². The largest absolute Gasteiger partial charge is 0.480 e. The van der Waals surface area contributed by atoms with Gasteiger partial charge in [0.05, 0.1) is 11.0 Å². The quantitative estimate of drug-likeness (QED) is 0.772. The van der Waals surface area contributed by atoms with E-state index in [0.717, 1.165) is 0 Å². The lowest BCUT2D eigenvalue weighted by Crippen LogP contribution is -2.29. The zero-order chi connectivity index (χ0) is 16.5. The summed E-state index contributed by atoms with van der Waals surface area (Å²) < 4.78 is 37.8. The second kappa shape index (κ2) is 5.54. The number of carbonyl (C=O) groups excluding carboxylic acids is 1. The van der Waals surface area contributed by atoms with Gasteiger partial charge in [-0.25, -0.2) is 4.79 Å². The minimum atomic E-state index is -4.56. The first-order valence-corrected chi connectivity index (χ1v) is 5.97. The van der Waals surface area contributed by atoms with Crippen molar-refractivity contribution in [2.24, 2.45) is 0 Å². The summed E-state index contributed by atoms with van der Waals surface area (Å²) in [5, 5.41) is 10.6. The molecule has 0 bridgehead atoms. The van der Waals surface area contributed by atoms with E-state index in [1.54, 1.807) is 0 Å². The lowest BCUT2D eigenvalue weighted by Gasteiger charge is -2.07. The molecule has 0 aliphatic heterocycles. The number of carboxylic acid groups (broad SMARTS) is 1. The number of alkyl halides is 3. The van der Waals surface area contributed by atoms with E-state index in [9.17, 15) is 27.6 Å². The summed E-state index contributed by atoms with van der Waals surface area (Å²) in [6, 6.07) is 3.58. The molecule has 0 radical (unpaired) electrons. The van der Waals surface area contributed by atoms with Crippen molar-refractivity contribution in [2.45, 2.75) is 12.7 Å². The van der Waals surface area contributed by atoms with Gasteiger partial charge >= 0.3 is 17.8 Å². The Morgan fingerprint density at radius 3 is 2.59 bits per heavy atom. The minimum Gasteiger partial charge on any atom is -0.480 e. The van der Waals surface area contributed by atoms with Crippen LogP contribution < -0.4 is 11.0 Å². The molecule has 0 aliphatic rings. The van der Waals surface area contributed by atoms with Crippen LogP contribution in [0.2, 0.25) is 0 Å². The summed E-state index contributed by atoms with van der Waals surface area (Å²) in [4.78, 5) is 35.8. The van der Waals surface area contributed by atoms with E-state index in [1.165, 1.54) is 18.2 Å². The van der Waals surface area contributed by atoms with E-state index in [2.05, 4.69) is 10.3 Å². The van der Waals surface area contributed by atoms with Gasteiger partial charge in [0.2, 0.25) is 0 Å². The van der Waals surface area contributed by atoms with Crippen molar-refractivity contribution < 1.29 is 27.9 Å². The number of benzene rings is 1. The van der Waals surface area contributed by atoms with Gasteiger partial charge in [0.25, 0.3) is 5.91 Å². The average molecular weight is 317 g/mol. The number of aliphatic carboxylic acids is 1. The number of halogens is 3. The van der Waals surface area contributed by atoms with Gasteiger partial charge in [0.1, 0.15) is 13.1 Å². The number of nitrogens with one attached hydrogen (secondary N) is 2. The number of amides is 1. The van der Waals surface area contributed by atoms with Crippen molar-refractivity contribution in [1.29, 1.82) is 0 Å². The van der Waals surface area contributed by atoms with Gasteiger partial charge in [-0.2, -0.15) is 13.2 Å². The Morgan fingerprint density at radius 2 is 2.00 bits per heavy atom. The fraction of sp³-hybridized carbons (Fsp3) is 0.250. The molecule has 3 N–H and O–H groups in total. The first kappa shape index (κ1) is 15.6. The maximum atomic E-state index is 12.4. The highest BCUT2D eigenvalue weighted by Crippen LogP contribution is 2.20. The summed E-state index contributed by atoms with van der Waals surface area (Å²) in [6.45, 7) is -2.04. The summed E-state index contributed by atoms with van der Waals surface area (Å²) in [6.07, 6.45) is -4.56. The summed E-state index contributed by atoms with van der Waals surface area (Å²) >= 11 is 0. The number of aromatic nitrogens is 2. The molecule has 2 rings (SSSR count). The molecule has 118 valence electrons. The van der Waals surface area contributed by atoms with Crippen LogP contribution in [0.15, 0.2) is 23.0 Å². The lowest BCUT2D eigenvalue weighted by molar-refractivity contribution is -0.140. The molecule has 2 aromatic rings. The third-order valence-electron chi connectivity index (χ3n) is 2.77. The molecule has 0 spiro atoms. The Morgan fingerprint density at radius 1 is 1.32 bits per heavy atom. The predicted octanol–water partition coefficient (Wildman–Crippen LogP) is 0.706. The second-order valence-corrected chi connectivity index (χ2v) is 4.44. The Labute approximate surface area is 120 Å². The van der Waals surface area contributed by atoms with Crippen LogP contribution in [-0.2, 0) is 11.3 Å². The van der Waals surface area contributed by atoms with Crippen LogP contribution in [-0.4, -0.2) is 39.3 Å². The number of hydrogen-bond donors (Lipinski definition) is 3. The number of rotatable bonds is 4. The molecular formula is C12H10F3N3O4. The maximum Gasteiger partial charge on any atom is 0.406 e. The third-order valence-corrected chi connectivity index (χ3v) is 2.77. The molecule has 0 aliphatic carbocycles. The SMILES string of the molecule is O=C(O)CNC(=O)c1ccc2c(c1)[nH]c(=O)n2CC(F)(F)F. The van der Waals surface area contributed by atoms with Crippen LogP contribution in [0, 0.1) is 0 Å². The summed E-state index contributed by atoms with van der Waals surface area (Å²) in [7, 11) is 0. The van der Waals surface area contributed by atoms with Gasteiger partial charge in [-0.3, -0.25) is 14.2 Å². The number of aromatic amines is 1. The highest BCUT2D eigenvalue weighted by Gasteiger charge is 2.29. The average Bonchev–Trinajstić information content (AvgIpc) is 2.70. The molecule has 1 aromatic heterocycles. The van der Waals surface area contributed by atoms with Crippen LogP contribution in [0.4, 0.5) is 13.2 Å². The second-order valence-electron chi connectivity index (χ2n) is 4.44. The molecule has 1 amide bonds. The molecule has 1 heterocycles. The Kier molecular flexibility index (Phi) is 3.93. The maximum absolute atomic E-state index is 12.4. The van der Waals surface area contributed by atoms with Crippen LogP contribution in [0.3, 0.4) is 0 Å². The van der Waals surface area contributed by atoms with Gasteiger partial charge in [-0.05, 0) is 18.2 Å². The molecule has 0 saturated heterocycles. The van der Waals surface area contributed by atoms with Crippen LogP contribution in [0.1, 0.15) is 10.4 Å². The number of imidazole rings is 1. The fourth-order valence-corrected chi connectivity index (χ4v) is 1.90. The van der Waals surface area contributed by atoms with Crippen molar-refractivity contribution >= 4 is 22.9 Å². The van der Waals surface area contributed by atoms with E-state index in [-0.39, 0.29) is 16.6 Å². The number of carbonyl (C=O) groups is 2. The number of nitrogens with zero attached hydrogens (tertiary/aromatic N) is 1. The summed E-state index contributed by atoms with van der Waals surface area (Å²) in [5.41, 5.74) is -0.876. The predicted molar refractivity (Wildman–Crippen MR) is 68.6 cm³/mol. The van der Waals surface area contributed by atoms with Gasteiger partial charge < -0.3 is 15.4 Å². The fourth-order valence-electron chi connectivity index (χ4n) is 1.90. The molecule has 0 saturated carbocycles. The van der Waals surface area contributed by atoms with Gasteiger partial charge in [-0.15, -0.1) is 0 Å². The van der Waals surface area contributed by atoms with E-state index in [4.69, 9.17) is 5.11 Å².